The van der Waals surface area contributed by atoms with E-state index in [9.17, 15) is 13.2 Å². The third-order valence-corrected chi connectivity index (χ3v) is 3.06. The second kappa shape index (κ2) is 3.40. The van der Waals surface area contributed by atoms with Crippen LogP contribution in [0.3, 0.4) is 0 Å². The van der Waals surface area contributed by atoms with Crippen LogP contribution in [0.15, 0.2) is 0 Å². The minimum absolute atomic E-state index is 0.0914. The van der Waals surface area contributed by atoms with E-state index < -0.39 is 10.1 Å². The SMILES string of the molecule is COS(=O)(=O)C[C@H]1CCC(=O)N1. The Morgan fingerprint density at radius 3 is 2.75 bits per heavy atom. The maximum Gasteiger partial charge on any atom is 0.269 e. The van der Waals surface area contributed by atoms with Crippen LogP contribution < -0.4 is 5.32 Å². The molecule has 5 nitrogen and oxygen atoms in total. The van der Waals surface area contributed by atoms with Gasteiger partial charge in [0, 0.05) is 12.5 Å². The van der Waals surface area contributed by atoms with E-state index in [0.29, 0.717) is 12.8 Å². The smallest absolute Gasteiger partial charge is 0.269 e. The lowest BCUT2D eigenvalue weighted by Crippen LogP contribution is -2.32. The molecule has 1 rings (SSSR count). The molecule has 1 aliphatic rings. The highest BCUT2D eigenvalue weighted by Gasteiger charge is 2.25. The maximum absolute atomic E-state index is 10.9. The van der Waals surface area contributed by atoms with Crippen molar-refractivity contribution in [2.24, 2.45) is 0 Å². The molecule has 1 N–H and O–H groups in total. The van der Waals surface area contributed by atoms with Crippen molar-refractivity contribution in [1.82, 2.24) is 5.32 Å². The molecule has 0 spiro atoms. The summed E-state index contributed by atoms with van der Waals surface area (Å²) < 4.78 is 26.0. The Bertz CT molecular complexity index is 271. The minimum Gasteiger partial charge on any atom is -0.352 e. The molecule has 1 saturated heterocycles. The van der Waals surface area contributed by atoms with E-state index in [1.807, 2.05) is 0 Å². The fraction of sp³-hybridized carbons (Fsp3) is 0.833. The number of rotatable bonds is 3. The first-order valence-corrected chi connectivity index (χ1v) is 5.19. The molecule has 1 amide bonds. The topological polar surface area (TPSA) is 72.5 Å². The highest BCUT2D eigenvalue weighted by molar-refractivity contribution is 7.86. The molecular formula is C6H11NO4S. The molecule has 12 heavy (non-hydrogen) atoms. The fourth-order valence-electron chi connectivity index (χ4n) is 1.12. The van der Waals surface area contributed by atoms with E-state index in [2.05, 4.69) is 9.50 Å². The summed E-state index contributed by atoms with van der Waals surface area (Å²) in [6.07, 6.45) is 0.978. The van der Waals surface area contributed by atoms with Crippen LogP contribution in [0.2, 0.25) is 0 Å². The van der Waals surface area contributed by atoms with Gasteiger partial charge in [-0.25, -0.2) is 0 Å². The van der Waals surface area contributed by atoms with E-state index in [1.165, 1.54) is 0 Å². The van der Waals surface area contributed by atoms with Crippen LogP contribution in [0.5, 0.6) is 0 Å². The Morgan fingerprint density at radius 1 is 1.67 bits per heavy atom. The summed E-state index contributed by atoms with van der Waals surface area (Å²) in [5.74, 6) is -0.221. The van der Waals surface area contributed by atoms with Crippen molar-refractivity contribution >= 4 is 16.0 Å². The van der Waals surface area contributed by atoms with Gasteiger partial charge >= 0.3 is 0 Å². The molecule has 0 radical (unpaired) electrons. The monoisotopic (exact) mass is 193 g/mol. The molecule has 0 aromatic heterocycles. The molecule has 0 aliphatic carbocycles. The molecule has 1 atom stereocenters. The molecule has 0 unspecified atom stereocenters. The van der Waals surface area contributed by atoms with Crippen molar-refractivity contribution in [1.29, 1.82) is 0 Å². The van der Waals surface area contributed by atoms with Gasteiger partial charge in [-0.15, -0.1) is 0 Å². The zero-order valence-corrected chi connectivity index (χ0v) is 7.56. The lowest BCUT2D eigenvalue weighted by molar-refractivity contribution is -0.119. The maximum atomic E-state index is 10.9. The molecule has 0 aromatic rings. The van der Waals surface area contributed by atoms with Gasteiger partial charge in [0.25, 0.3) is 10.1 Å². The molecule has 1 heterocycles. The first-order valence-electron chi connectivity index (χ1n) is 3.61. The molecule has 1 fully saturated rings. The lowest BCUT2D eigenvalue weighted by atomic mass is 10.2. The average molecular weight is 193 g/mol. The normalized spacial score (nSPS) is 24.1. The van der Waals surface area contributed by atoms with Gasteiger partial charge in [-0.05, 0) is 6.42 Å². The third kappa shape index (κ3) is 2.46. The van der Waals surface area contributed by atoms with Gasteiger partial charge in [0.15, 0.2) is 0 Å². The molecule has 1 aliphatic heterocycles. The number of carbonyl (C=O) groups excluding carboxylic acids is 1. The summed E-state index contributed by atoms with van der Waals surface area (Å²) in [4.78, 5) is 10.7. The molecular weight excluding hydrogens is 182 g/mol. The first kappa shape index (κ1) is 9.47. The van der Waals surface area contributed by atoms with Crippen LogP contribution in [0.1, 0.15) is 12.8 Å². The van der Waals surface area contributed by atoms with Gasteiger partial charge in [-0.2, -0.15) is 8.42 Å². The number of amides is 1. The number of hydrogen-bond donors (Lipinski definition) is 1. The van der Waals surface area contributed by atoms with Crippen molar-refractivity contribution in [2.45, 2.75) is 18.9 Å². The molecule has 0 bridgehead atoms. The Hall–Kier alpha value is -0.620. The predicted molar refractivity (Wildman–Crippen MR) is 42.0 cm³/mol. The molecule has 0 aromatic carbocycles. The van der Waals surface area contributed by atoms with Crippen molar-refractivity contribution in [3.63, 3.8) is 0 Å². The number of carbonyl (C=O) groups is 1. The van der Waals surface area contributed by atoms with Crippen molar-refractivity contribution in [3.8, 4) is 0 Å². The lowest BCUT2D eigenvalue weighted by Gasteiger charge is -2.07. The van der Waals surface area contributed by atoms with Gasteiger partial charge in [0.2, 0.25) is 5.91 Å². The zero-order valence-electron chi connectivity index (χ0n) is 6.74. The Labute approximate surface area is 71.2 Å². The highest BCUT2D eigenvalue weighted by atomic mass is 32.2. The predicted octanol–water partition coefficient (Wildman–Crippen LogP) is -0.759. The summed E-state index contributed by atoms with van der Waals surface area (Å²) in [5.41, 5.74) is 0. The standard InChI is InChI=1S/C6H11NO4S/c1-11-12(9,10)4-5-2-3-6(8)7-5/h5H,2-4H2,1H3,(H,7,8)/t5-/m1/s1. The van der Waals surface area contributed by atoms with Gasteiger partial charge < -0.3 is 5.32 Å². The summed E-state index contributed by atoms with van der Waals surface area (Å²) in [5, 5.41) is 2.55. The summed E-state index contributed by atoms with van der Waals surface area (Å²) >= 11 is 0. The van der Waals surface area contributed by atoms with Crippen LogP contribution in [0.25, 0.3) is 0 Å². The number of nitrogens with one attached hydrogen (secondary N) is 1. The summed E-state index contributed by atoms with van der Waals surface area (Å²) in [6, 6.07) is -0.276. The Balaban J connectivity index is 2.48. The zero-order chi connectivity index (χ0) is 9.19. The molecule has 0 saturated carbocycles. The largest absolute Gasteiger partial charge is 0.352 e. The van der Waals surface area contributed by atoms with E-state index in [0.717, 1.165) is 7.11 Å². The van der Waals surface area contributed by atoms with Crippen LogP contribution in [-0.2, 0) is 19.1 Å². The highest BCUT2D eigenvalue weighted by Crippen LogP contribution is 2.09. The average Bonchev–Trinajstić information content (AvgIpc) is 2.35. The van der Waals surface area contributed by atoms with Gasteiger partial charge in [0.05, 0.1) is 12.9 Å². The fourth-order valence-corrected chi connectivity index (χ4v) is 2.00. The first-order chi connectivity index (χ1) is 5.53. The van der Waals surface area contributed by atoms with E-state index in [4.69, 9.17) is 0 Å². The molecule has 70 valence electrons. The van der Waals surface area contributed by atoms with Crippen LogP contribution in [0, 0.1) is 0 Å². The van der Waals surface area contributed by atoms with Crippen molar-refractivity contribution in [3.05, 3.63) is 0 Å². The Kier molecular flexibility index (Phi) is 2.69. The van der Waals surface area contributed by atoms with Crippen molar-refractivity contribution < 1.29 is 17.4 Å². The third-order valence-electron chi connectivity index (χ3n) is 1.74. The Morgan fingerprint density at radius 2 is 2.33 bits per heavy atom. The summed E-state index contributed by atoms with van der Waals surface area (Å²) in [6.45, 7) is 0. The van der Waals surface area contributed by atoms with E-state index in [1.54, 1.807) is 0 Å². The van der Waals surface area contributed by atoms with Gasteiger partial charge in [-0.1, -0.05) is 0 Å². The van der Waals surface area contributed by atoms with Crippen LogP contribution in [-0.4, -0.2) is 33.2 Å². The molecule has 6 heteroatoms. The quantitative estimate of drug-likeness (QED) is 0.598. The number of hydrogen-bond acceptors (Lipinski definition) is 4. The van der Waals surface area contributed by atoms with Crippen LogP contribution >= 0.6 is 0 Å². The second-order valence-corrected chi connectivity index (χ2v) is 4.48. The van der Waals surface area contributed by atoms with E-state index in [-0.39, 0.29) is 17.7 Å². The second-order valence-electron chi connectivity index (χ2n) is 2.69. The minimum atomic E-state index is -3.44. The van der Waals surface area contributed by atoms with Gasteiger partial charge in [0.1, 0.15) is 0 Å². The van der Waals surface area contributed by atoms with Crippen LogP contribution in [0.4, 0.5) is 0 Å². The van der Waals surface area contributed by atoms with Gasteiger partial charge in [-0.3, -0.25) is 8.98 Å². The van der Waals surface area contributed by atoms with Crippen molar-refractivity contribution in [2.75, 3.05) is 12.9 Å². The summed E-state index contributed by atoms with van der Waals surface area (Å²) in [7, 11) is -2.32. The van der Waals surface area contributed by atoms with E-state index >= 15 is 0 Å².